The van der Waals surface area contributed by atoms with Gasteiger partial charge in [-0.2, -0.15) is 5.10 Å². The van der Waals surface area contributed by atoms with Crippen LogP contribution in [0.5, 0.6) is 0 Å². The minimum atomic E-state index is -0.364. The number of hydrogen-bond donors (Lipinski definition) is 1. The summed E-state index contributed by atoms with van der Waals surface area (Å²) in [6.07, 6.45) is 4.44. The lowest BCUT2D eigenvalue weighted by molar-refractivity contribution is -0.135. The van der Waals surface area contributed by atoms with Gasteiger partial charge in [-0.25, -0.2) is 0 Å². The minimum absolute atomic E-state index is 0.0795. The molecule has 2 atom stereocenters. The fourth-order valence-corrected chi connectivity index (χ4v) is 5.32. The van der Waals surface area contributed by atoms with E-state index in [1.807, 2.05) is 7.05 Å². The van der Waals surface area contributed by atoms with Gasteiger partial charge in [-0.1, -0.05) is 0 Å². The summed E-state index contributed by atoms with van der Waals surface area (Å²) in [5.74, 6) is 1.50. The quantitative estimate of drug-likeness (QED) is 0.892. The van der Waals surface area contributed by atoms with E-state index in [1.54, 1.807) is 21.3 Å². The maximum absolute atomic E-state index is 12.7. The van der Waals surface area contributed by atoms with E-state index in [-0.39, 0.29) is 22.7 Å². The van der Waals surface area contributed by atoms with Crippen molar-refractivity contribution >= 4 is 29.4 Å². The highest BCUT2D eigenvalue weighted by Gasteiger charge is 2.53. The highest BCUT2D eigenvalue weighted by molar-refractivity contribution is 8.01. The summed E-state index contributed by atoms with van der Waals surface area (Å²) in [6.45, 7) is 2.07. The van der Waals surface area contributed by atoms with E-state index >= 15 is 0 Å². The third-order valence-corrected chi connectivity index (χ3v) is 6.56. The normalized spacial score (nSPS) is 29.8. The van der Waals surface area contributed by atoms with Gasteiger partial charge in [-0.05, 0) is 32.6 Å². The smallest absolute Gasteiger partial charge is 0.249 e. The number of nitrogens with zero attached hydrogens (tertiary/aromatic N) is 3. The second kappa shape index (κ2) is 4.75. The highest BCUT2D eigenvalue weighted by atomic mass is 32.2. The molecule has 1 aromatic rings. The van der Waals surface area contributed by atoms with E-state index in [0.717, 1.165) is 42.8 Å². The third kappa shape index (κ3) is 1.91. The molecule has 1 aliphatic carbocycles. The van der Waals surface area contributed by atoms with Gasteiger partial charge < -0.3 is 10.2 Å². The average Bonchev–Trinajstić information content (AvgIpc) is 3.17. The second-order valence-corrected chi connectivity index (χ2v) is 8.01. The van der Waals surface area contributed by atoms with E-state index in [9.17, 15) is 9.59 Å². The zero-order valence-electron chi connectivity index (χ0n) is 12.9. The van der Waals surface area contributed by atoms with Crippen molar-refractivity contribution in [2.75, 3.05) is 11.1 Å². The van der Waals surface area contributed by atoms with Gasteiger partial charge in [0.15, 0.2) is 0 Å². The molecule has 1 aromatic heterocycles. The number of carbonyl (C=O) groups is 2. The molecule has 2 saturated heterocycles. The summed E-state index contributed by atoms with van der Waals surface area (Å²) in [6, 6.07) is -0.364. The minimum Gasteiger partial charge on any atom is -0.315 e. The maximum Gasteiger partial charge on any atom is 0.249 e. The Kier molecular flexibility index (Phi) is 3.04. The van der Waals surface area contributed by atoms with Crippen molar-refractivity contribution in [3.05, 3.63) is 11.3 Å². The number of rotatable bonds is 2. The number of thioether (sulfide) groups is 1. The number of anilines is 1. The Balaban J connectivity index is 1.57. The molecular weight excluding hydrogens is 300 g/mol. The molecule has 118 valence electrons. The van der Waals surface area contributed by atoms with Crippen molar-refractivity contribution < 1.29 is 9.59 Å². The summed E-state index contributed by atoms with van der Waals surface area (Å²) in [4.78, 5) is 26.5. The summed E-state index contributed by atoms with van der Waals surface area (Å²) in [5, 5.41) is 7.52. The number of nitrogens with one attached hydrogen (secondary N) is 1. The van der Waals surface area contributed by atoms with Gasteiger partial charge in [-0.15, -0.1) is 11.8 Å². The predicted octanol–water partition coefficient (Wildman–Crippen LogP) is 1.30. The molecule has 3 heterocycles. The number of aryl methyl sites for hydroxylation is 2. The Labute approximate surface area is 133 Å². The van der Waals surface area contributed by atoms with Gasteiger partial charge in [0.1, 0.15) is 11.9 Å². The topological polar surface area (TPSA) is 67.2 Å². The maximum atomic E-state index is 12.7. The number of aromatic nitrogens is 2. The zero-order chi connectivity index (χ0) is 15.5. The van der Waals surface area contributed by atoms with Gasteiger partial charge in [-0.3, -0.25) is 14.3 Å². The van der Waals surface area contributed by atoms with Crippen LogP contribution >= 0.6 is 11.8 Å². The van der Waals surface area contributed by atoms with Gasteiger partial charge in [0.25, 0.3) is 0 Å². The lowest BCUT2D eigenvalue weighted by atomic mass is 10.2. The first-order chi connectivity index (χ1) is 10.5. The van der Waals surface area contributed by atoms with Crippen LogP contribution < -0.4 is 5.32 Å². The second-order valence-electron chi connectivity index (χ2n) is 6.51. The van der Waals surface area contributed by atoms with Crippen LogP contribution in [0.25, 0.3) is 0 Å². The van der Waals surface area contributed by atoms with Crippen LogP contribution in [0.15, 0.2) is 0 Å². The average molecular weight is 320 g/mol. The number of hydrogen-bond acceptors (Lipinski definition) is 4. The van der Waals surface area contributed by atoms with Crippen molar-refractivity contribution in [1.82, 2.24) is 14.7 Å². The molecule has 0 spiro atoms. The number of amides is 2. The first-order valence-corrected chi connectivity index (χ1v) is 8.80. The molecule has 2 aliphatic heterocycles. The third-order valence-electron chi connectivity index (χ3n) is 5.06. The fraction of sp³-hybridized carbons (Fsp3) is 0.667. The first-order valence-electron chi connectivity index (χ1n) is 7.81. The van der Waals surface area contributed by atoms with Crippen LogP contribution in [-0.4, -0.2) is 43.2 Å². The molecule has 2 unspecified atom stereocenters. The summed E-state index contributed by atoms with van der Waals surface area (Å²) < 4.78 is 1.76. The molecule has 4 rings (SSSR count). The molecular formula is C15H20N4O2S. The lowest BCUT2D eigenvalue weighted by Gasteiger charge is -2.29. The molecule has 7 heteroatoms. The predicted molar refractivity (Wildman–Crippen MR) is 84.6 cm³/mol. The standard InChI is InChI=1S/C15H20N4O2S/c1-15-7-6-12(20)19(15)11(8-22-15)14(21)16-13-9-4-3-5-10(9)17-18(13)2/h11H,3-8H2,1-2H3,(H,16,21). The SMILES string of the molecule is Cn1nc2c(c1NC(=O)C1CSC3(C)CCC(=O)N13)CCC2. The molecule has 0 aromatic carbocycles. The molecule has 0 saturated carbocycles. The molecule has 2 amide bonds. The Morgan fingerprint density at radius 1 is 1.41 bits per heavy atom. The Bertz CT molecular complexity index is 671. The van der Waals surface area contributed by atoms with E-state index in [0.29, 0.717) is 12.2 Å². The number of carbonyl (C=O) groups excluding carboxylic acids is 2. The van der Waals surface area contributed by atoms with Gasteiger partial charge in [0.05, 0.1) is 10.6 Å². The molecule has 22 heavy (non-hydrogen) atoms. The van der Waals surface area contributed by atoms with E-state index < -0.39 is 0 Å². The van der Waals surface area contributed by atoms with E-state index in [4.69, 9.17) is 0 Å². The molecule has 2 fully saturated rings. The van der Waals surface area contributed by atoms with Crippen molar-refractivity contribution in [3.63, 3.8) is 0 Å². The first kappa shape index (κ1) is 14.1. The van der Waals surface area contributed by atoms with Crippen LogP contribution in [0, 0.1) is 0 Å². The highest BCUT2D eigenvalue weighted by Crippen LogP contribution is 2.47. The van der Waals surface area contributed by atoms with Crippen LogP contribution in [-0.2, 0) is 29.5 Å². The van der Waals surface area contributed by atoms with Crippen LogP contribution in [0.3, 0.4) is 0 Å². The zero-order valence-corrected chi connectivity index (χ0v) is 13.7. The summed E-state index contributed by atoms with van der Waals surface area (Å²) in [7, 11) is 1.86. The summed E-state index contributed by atoms with van der Waals surface area (Å²) >= 11 is 1.72. The van der Waals surface area contributed by atoms with E-state index in [1.165, 1.54) is 0 Å². The molecule has 6 nitrogen and oxygen atoms in total. The van der Waals surface area contributed by atoms with Crippen molar-refractivity contribution in [2.24, 2.45) is 7.05 Å². The van der Waals surface area contributed by atoms with Crippen LogP contribution in [0.4, 0.5) is 5.82 Å². The molecule has 0 bridgehead atoms. The monoisotopic (exact) mass is 320 g/mol. The van der Waals surface area contributed by atoms with Gasteiger partial charge in [0, 0.05) is 24.8 Å². The van der Waals surface area contributed by atoms with Crippen molar-refractivity contribution in [1.29, 1.82) is 0 Å². The Morgan fingerprint density at radius 2 is 2.23 bits per heavy atom. The van der Waals surface area contributed by atoms with Crippen LogP contribution in [0.2, 0.25) is 0 Å². The van der Waals surface area contributed by atoms with Gasteiger partial charge >= 0.3 is 0 Å². The molecule has 3 aliphatic rings. The lowest BCUT2D eigenvalue weighted by Crippen LogP contribution is -2.48. The Morgan fingerprint density at radius 3 is 3.05 bits per heavy atom. The molecule has 1 N–H and O–H groups in total. The van der Waals surface area contributed by atoms with Crippen molar-refractivity contribution in [2.45, 2.75) is 49.9 Å². The number of fused-ring (bicyclic) bond motifs is 2. The Hall–Kier alpha value is -1.50. The van der Waals surface area contributed by atoms with E-state index in [2.05, 4.69) is 17.3 Å². The summed E-state index contributed by atoms with van der Waals surface area (Å²) in [5.41, 5.74) is 2.26. The fourth-order valence-electron chi connectivity index (χ4n) is 3.89. The molecule has 0 radical (unpaired) electrons. The van der Waals surface area contributed by atoms with Crippen molar-refractivity contribution in [3.8, 4) is 0 Å². The van der Waals surface area contributed by atoms with Gasteiger partial charge in [0.2, 0.25) is 11.8 Å². The largest absolute Gasteiger partial charge is 0.315 e. The van der Waals surface area contributed by atoms with Crippen LogP contribution in [0.1, 0.15) is 37.4 Å².